The van der Waals surface area contributed by atoms with Gasteiger partial charge in [0.2, 0.25) is 0 Å². The molecule has 0 atom stereocenters. The van der Waals surface area contributed by atoms with Gasteiger partial charge in [-0.25, -0.2) is 0 Å². The van der Waals surface area contributed by atoms with Crippen LogP contribution in [0, 0.1) is 11.8 Å². The lowest BCUT2D eigenvalue weighted by atomic mass is 9.90. The zero-order valence-corrected chi connectivity index (χ0v) is 20.5. The van der Waals surface area contributed by atoms with Crippen LogP contribution in [0.2, 0.25) is 0 Å². The summed E-state index contributed by atoms with van der Waals surface area (Å²) in [6, 6.07) is 22.0. The van der Waals surface area contributed by atoms with Gasteiger partial charge in [0.1, 0.15) is 0 Å². The Balaban J connectivity index is 0.967. The SMILES string of the molecule is c1ccc(CC2CCN(CCCOCCCN3CCC(Cc4ccccc4)CC3)CC2)cc1. The smallest absolute Gasteiger partial charge is 0.0478 e. The summed E-state index contributed by atoms with van der Waals surface area (Å²) >= 11 is 0. The molecule has 2 aliphatic heterocycles. The highest BCUT2D eigenvalue weighted by molar-refractivity contribution is 5.16. The highest BCUT2D eigenvalue weighted by Crippen LogP contribution is 2.22. The molecule has 2 aliphatic rings. The number of benzene rings is 2. The summed E-state index contributed by atoms with van der Waals surface area (Å²) in [7, 11) is 0. The predicted octanol–water partition coefficient (Wildman–Crippen LogP) is 5.69. The predicted molar refractivity (Wildman–Crippen MR) is 139 cm³/mol. The topological polar surface area (TPSA) is 15.7 Å². The van der Waals surface area contributed by atoms with Crippen LogP contribution < -0.4 is 0 Å². The van der Waals surface area contributed by atoms with E-state index in [1.807, 2.05) is 0 Å². The third-order valence-electron chi connectivity index (χ3n) is 7.67. The Hall–Kier alpha value is -1.68. The molecule has 3 nitrogen and oxygen atoms in total. The molecule has 0 unspecified atom stereocenters. The number of nitrogens with zero attached hydrogens (tertiary/aromatic N) is 2. The van der Waals surface area contributed by atoms with Crippen LogP contribution >= 0.6 is 0 Å². The molecule has 0 N–H and O–H groups in total. The molecule has 3 heteroatoms. The highest BCUT2D eigenvalue weighted by Gasteiger charge is 2.20. The van der Waals surface area contributed by atoms with Crippen molar-refractivity contribution >= 4 is 0 Å². The summed E-state index contributed by atoms with van der Waals surface area (Å²) in [5, 5.41) is 0. The second kappa shape index (κ2) is 13.9. The van der Waals surface area contributed by atoms with Gasteiger partial charge in [-0.05, 0) is 101 Å². The zero-order chi connectivity index (χ0) is 22.6. The number of hydrogen-bond donors (Lipinski definition) is 0. The molecule has 0 aliphatic carbocycles. The molecule has 2 aromatic carbocycles. The zero-order valence-electron chi connectivity index (χ0n) is 20.5. The molecule has 0 spiro atoms. The summed E-state index contributed by atoms with van der Waals surface area (Å²) in [5.74, 6) is 1.73. The van der Waals surface area contributed by atoms with Gasteiger partial charge < -0.3 is 14.5 Å². The molecule has 0 radical (unpaired) electrons. The molecular formula is C30H44N2O. The summed E-state index contributed by atoms with van der Waals surface area (Å²) in [4.78, 5) is 5.29. The van der Waals surface area contributed by atoms with Crippen molar-refractivity contribution in [1.82, 2.24) is 9.80 Å². The number of ether oxygens (including phenoxy) is 1. The maximum absolute atomic E-state index is 5.96. The van der Waals surface area contributed by atoms with Crippen LogP contribution in [0.25, 0.3) is 0 Å². The quantitative estimate of drug-likeness (QED) is 0.388. The van der Waals surface area contributed by atoms with Crippen molar-refractivity contribution < 1.29 is 4.74 Å². The molecule has 180 valence electrons. The third kappa shape index (κ3) is 8.88. The van der Waals surface area contributed by atoms with Crippen molar-refractivity contribution in [1.29, 1.82) is 0 Å². The van der Waals surface area contributed by atoms with Gasteiger partial charge >= 0.3 is 0 Å². The van der Waals surface area contributed by atoms with Crippen LogP contribution in [-0.4, -0.2) is 62.3 Å². The molecule has 0 saturated carbocycles. The molecule has 2 saturated heterocycles. The van der Waals surface area contributed by atoms with E-state index in [0.29, 0.717) is 0 Å². The van der Waals surface area contributed by atoms with Gasteiger partial charge in [-0.1, -0.05) is 60.7 Å². The van der Waals surface area contributed by atoms with E-state index in [1.165, 1.54) is 102 Å². The maximum atomic E-state index is 5.96. The molecule has 0 bridgehead atoms. The van der Waals surface area contributed by atoms with Crippen LogP contribution in [-0.2, 0) is 17.6 Å². The summed E-state index contributed by atoms with van der Waals surface area (Å²) in [5.41, 5.74) is 3.00. The first kappa shape index (κ1) is 24.4. The van der Waals surface area contributed by atoms with Crippen LogP contribution in [0.3, 0.4) is 0 Å². The number of hydrogen-bond acceptors (Lipinski definition) is 3. The van der Waals surface area contributed by atoms with Gasteiger partial charge in [0.05, 0.1) is 0 Å². The lowest BCUT2D eigenvalue weighted by Crippen LogP contribution is -2.35. The van der Waals surface area contributed by atoms with Crippen molar-refractivity contribution in [3.05, 3.63) is 71.8 Å². The number of piperidine rings is 2. The van der Waals surface area contributed by atoms with Crippen LogP contribution in [0.1, 0.15) is 49.7 Å². The first-order chi connectivity index (χ1) is 16.3. The van der Waals surface area contributed by atoms with Crippen molar-refractivity contribution in [2.24, 2.45) is 11.8 Å². The minimum absolute atomic E-state index is 0.864. The molecule has 2 aromatic rings. The van der Waals surface area contributed by atoms with E-state index in [-0.39, 0.29) is 0 Å². The van der Waals surface area contributed by atoms with Gasteiger partial charge in [-0.3, -0.25) is 0 Å². The molecule has 2 heterocycles. The minimum atomic E-state index is 0.864. The molecule has 0 aromatic heterocycles. The third-order valence-corrected chi connectivity index (χ3v) is 7.67. The first-order valence-electron chi connectivity index (χ1n) is 13.5. The average molecular weight is 449 g/mol. The molecule has 2 fully saturated rings. The van der Waals surface area contributed by atoms with Gasteiger partial charge in [0, 0.05) is 26.3 Å². The van der Waals surface area contributed by atoms with Gasteiger partial charge in [-0.2, -0.15) is 0 Å². The number of rotatable bonds is 12. The lowest BCUT2D eigenvalue weighted by molar-refractivity contribution is 0.0974. The van der Waals surface area contributed by atoms with E-state index in [4.69, 9.17) is 4.74 Å². The van der Waals surface area contributed by atoms with Crippen LogP contribution in [0.4, 0.5) is 0 Å². The monoisotopic (exact) mass is 448 g/mol. The Morgan fingerprint density at radius 3 is 1.36 bits per heavy atom. The summed E-state index contributed by atoms with van der Waals surface area (Å²) in [6.45, 7) is 9.29. The van der Waals surface area contributed by atoms with Crippen LogP contribution in [0.5, 0.6) is 0 Å². The fourth-order valence-corrected chi connectivity index (χ4v) is 5.61. The lowest BCUT2D eigenvalue weighted by Gasteiger charge is -2.32. The standard InChI is InChI=1S/C30H44N2O/c1-3-9-27(10-4-1)25-29-13-19-31(20-14-29)17-7-23-33-24-8-18-32-21-15-30(16-22-32)26-28-11-5-2-6-12-28/h1-6,9-12,29-30H,7-8,13-26H2. The summed E-state index contributed by atoms with van der Waals surface area (Å²) < 4.78 is 5.96. The van der Waals surface area contributed by atoms with Gasteiger partial charge in [0.25, 0.3) is 0 Å². The van der Waals surface area contributed by atoms with E-state index in [2.05, 4.69) is 70.5 Å². The van der Waals surface area contributed by atoms with Crippen molar-refractivity contribution in [3.63, 3.8) is 0 Å². The summed E-state index contributed by atoms with van der Waals surface area (Å²) in [6.07, 6.45) is 10.2. The molecular weight excluding hydrogens is 404 g/mol. The Morgan fingerprint density at radius 1 is 0.576 bits per heavy atom. The fraction of sp³-hybridized carbons (Fsp3) is 0.600. The first-order valence-corrected chi connectivity index (χ1v) is 13.5. The molecule has 0 amide bonds. The molecule has 4 rings (SSSR count). The van der Waals surface area contributed by atoms with Gasteiger partial charge in [-0.15, -0.1) is 0 Å². The Bertz CT molecular complexity index is 684. The Morgan fingerprint density at radius 2 is 0.970 bits per heavy atom. The van der Waals surface area contributed by atoms with E-state index in [0.717, 1.165) is 25.0 Å². The van der Waals surface area contributed by atoms with Crippen molar-refractivity contribution in [2.45, 2.75) is 51.4 Å². The Labute approximate surface area is 202 Å². The Kier molecular flexibility index (Phi) is 10.3. The van der Waals surface area contributed by atoms with Crippen molar-refractivity contribution in [3.8, 4) is 0 Å². The second-order valence-corrected chi connectivity index (χ2v) is 10.3. The van der Waals surface area contributed by atoms with E-state index in [9.17, 15) is 0 Å². The average Bonchev–Trinajstić information content (AvgIpc) is 2.87. The highest BCUT2D eigenvalue weighted by atomic mass is 16.5. The fourth-order valence-electron chi connectivity index (χ4n) is 5.61. The second-order valence-electron chi connectivity index (χ2n) is 10.3. The van der Waals surface area contributed by atoms with Gasteiger partial charge in [0.15, 0.2) is 0 Å². The van der Waals surface area contributed by atoms with E-state index < -0.39 is 0 Å². The number of likely N-dealkylation sites (tertiary alicyclic amines) is 2. The van der Waals surface area contributed by atoms with Crippen LogP contribution in [0.15, 0.2) is 60.7 Å². The van der Waals surface area contributed by atoms with E-state index >= 15 is 0 Å². The maximum Gasteiger partial charge on any atom is 0.0478 e. The molecule has 33 heavy (non-hydrogen) atoms. The normalized spacial score (nSPS) is 19.2. The largest absolute Gasteiger partial charge is 0.381 e. The van der Waals surface area contributed by atoms with Crippen molar-refractivity contribution in [2.75, 3.05) is 52.5 Å². The minimum Gasteiger partial charge on any atom is -0.381 e. The van der Waals surface area contributed by atoms with E-state index in [1.54, 1.807) is 0 Å².